The fraction of sp³-hybridized carbons (Fsp3) is 0.182. The molecule has 0 fully saturated rings. The summed E-state index contributed by atoms with van der Waals surface area (Å²) in [6, 6.07) is 17.3. The second-order valence-corrected chi connectivity index (χ2v) is 9.61. The van der Waals surface area contributed by atoms with Crippen LogP contribution in [0.25, 0.3) is 11.0 Å². The van der Waals surface area contributed by atoms with Gasteiger partial charge in [0.1, 0.15) is 17.4 Å². The van der Waals surface area contributed by atoms with Crippen LogP contribution in [0.4, 0.5) is 0 Å². The van der Waals surface area contributed by atoms with Gasteiger partial charge in [0, 0.05) is 22.8 Å². The SMILES string of the molecule is O=S(=O)(NC(c1cc2ccccc2o1)c1cccs1)c1ccc2c(c1)OCCCO2. The molecule has 3 heterocycles. The van der Waals surface area contributed by atoms with Crippen LogP contribution in [0.1, 0.15) is 23.1 Å². The van der Waals surface area contributed by atoms with E-state index in [4.69, 9.17) is 13.9 Å². The fourth-order valence-corrected chi connectivity index (χ4v) is 5.45. The number of hydrogen-bond acceptors (Lipinski definition) is 6. The van der Waals surface area contributed by atoms with Crippen LogP contribution in [-0.4, -0.2) is 21.6 Å². The lowest BCUT2D eigenvalue weighted by molar-refractivity contribution is 0.297. The van der Waals surface area contributed by atoms with Crippen molar-refractivity contribution >= 4 is 32.3 Å². The van der Waals surface area contributed by atoms with Gasteiger partial charge >= 0.3 is 0 Å². The Kier molecular flexibility index (Phi) is 4.98. The summed E-state index contributed by atoms with van der Waals surface area (Å²) in [5, 5.41) is 2.83. The molecular formula is C22H19NO5S2. The maximum atomic E-state index is 13.3. The third-order valence-corrected chi connectivity index (χ3v) is 7.22. The molecule has 5 rings (SSSR count). The Labute approximate surface area is 178 Å². The molecule has 4 aromatic rings. The normalized spacial score (nSPS) is 15.1. The lowest BCUT2D eigenvalue weighted by Crippen LogP contribution is -2.28. The number of benzene rings is 2. The van der Waals surface area contributed by atoms with Crippen LogP contribution in [0, 0.1) is 0 Å². The maximum Gasteiger partial charge on any atom is 0.241 e. The molecule has 0 saturated carbocycles. The van der Waals surface area contributed by atoms with Crippen molar-refractivity contribution in [1.29, 1.82) is 0 Å². The smallest absolute Gasteiger partial charge is 0.241 e. The van der Waals surface area contributed by atoms with E-state index in [1.165, 1.54) is 23.5 Å². The van der Waals surface area contributed by atoms with Crippen LogP contribution in [0.15, 0.2) is 75.4 Å². The van der Waals surface area contributed by atoms with E-state index < -0.39 is 16.1 Å². The summed E-state index contributed by atoms with van der Waals surface area (Å²) in [5.41, 5.74) is 0.712. The van der Waals surface area contributed by atoms with Crippen LogP contribution in [-0.2, 0) is 10.0 Å². The van der Waals surface area contributed by atoms with Crippen molar-refractivity contribution in [2.24, 2.45) is 0 Å². The molecule has 0 saturated heterocycles. The second kappa shape index (κ2) is 7.79. The Balaban J connectivity index is 1.52. The highest BCUT2D eigenvalue weighted by molar-refractivity contribution is 7.89. The van der Waals surface area contributed by atoms with Gasteiger partial charge in [0.25, 0.3) is 0 Å². The van der Waals surface area contributed by atoms with Crippen molar-refractivity contribution < 1.29 is 22.3 Å². The van der Waals surface area contributed by atoms with E-state index in [1.54, 1.807) is 6.07 Å². The molecule has 1 aliphatic rings. The molecule has 0 bridgehead atoms. The van der Waals surface area contributed by atoms with E-state index in [1.807, 2.05) is 47.8 Å². The topological polar surface area (TPSA) is 77.8 Å². The number of thiophene rings is 1. The molecule has 2 aromatic carbocycles. The molecule has 1 aliphatic heterocycles. The molecule has 0 spiro atoms. The summed E-state index contributed by atoms with van der Waals surface area (Å²) < 4.78 is 46.5. The Hall–Kier alpha value is -2.81. The molecule has 1 atom stereocenters. The van der Waals surface area contributed by atoms with Gasteiger partial charge in [0.15, 0.2) is 11.5 Å². The van der Waals surface area contributed by atoms with E-state index in [2.05, 4.69) is 4.72 Å². The predicted molar refractivity (Wildman–Crippen MR) is 115 cm³/mol. The zero-order valence-electron chi connectivity index (χ0n) is 15.9. The van der Waals surface area contributed by atoms with Gasteiger partial charge in [-0.3, -0.25) is 0 Å². The first-order valence-corrected chi connectivity index (χ1v) is 11.9. The molecule has 0 radical (unpaired) electrons. The van der Waals surface area contributed by atoms with Gasteiger partial charge in [-0.1, -0.05) is 24.3 Å². The average molecular weight is 442 g/mol. The van der Waals surface area contributed by atoms with Crippen molar-refractivity contribution in [3.8, 4) is 11.5 Å². The van der Waals surface area contributed by atoms with Crippen LogP contribution in [0.3, 0.4) is 0 Å². The van der Waals surface area contributed by atoms with E-state index >= 15 is 0 Å². The fourth-order valence-electron chi connectivity index (χ4n) is 3.39. The number of hydrogen-bond donors (Lipinski definition) is 1. The zero-order chi connectivity index (χ0) is 20.6. The summed E-state index contributed by atoms with van der Waals surface area (Å²) >= 11 is 1.47. The quantitative estimate of drug-likeness (QED) is 0.485. The Bertz CT molecular complexity index is 1250. The minimum atomic E-state index is -3.86. The number of para-hydroxylation sites is 1. The largest absolute Gasteiger partial charge is 0.490 e. The van der Waals surface area contributed by atoms with Gasteiger partial charge < -0.3 is 13.9 Å². The Morgan fingerprint density at radius 1 is 0.933 bits per heavy atom. The highest BCUT2D eigenvalue weighted by Crippen LogP contribution is 2.35. The highest BCUT2D eigenvalue weighted by Gasteiger charge is 2.27. The van der Waals surface area contributed by atoms with Gasteiger partial charge in [-0.15, -0.1) is 11.3 Å². The van der Waals surface area contributed by atoms with E-state index in [0.29, 0.717) is 36.1 Å². The van der Waals surface area contributed by atoms with Crippen molar-refractivity contribution in [2.75, 3.05) is 13.2 Å². The monoisotopic (exact) mass is 441 g/mol. The van der Waals surface area contributed by atoms with Crippen LogP contribution in [0.5, 0.6) is 11.5 Å². The number of rotatable bonds is 5. The highest BCUT2D eigenvalue weighted by atomic mass is 32.2. The van der Waals surface area contributed by atoms with Gasteiger partial charge in [-0.05, 0) is 35.7 Å². The first-order chi connectivity index (χ1) is 14.6. The third-order valence-electron chi connectivity index (χ3n) is 4.86. The molecule has 154 valence electrons. The van der Waals surface area contributed by atoms with E-state index in [-0.39, 0.29) is 4.90 Å². The zero-order valence-corrected chi connectivity index (χ0v) is 17.5. The summed E-state index contributed by atoms with van der Waals surface area (Å²) in [6.45, 7) is 1.03. The molecular weight excluding hydrogens is 422 g/mol. The summed E-state index contributed by atoms with van der Waals surface area (Å²) in [6.07, 6.45) is 0.752. The van der Waals surface area contributed by atoms with Gasteiger partial charge in [0.2, 0.25) is 10.0 Å². The van der Waals surface area contributed by atoms with Crippen molar-refractivity contribution in [1.82, 2.24) is 4.72 Å². The summed E-state index contributed by atoms with van der Waals surface area (Å²) in [5.74, 6) is 1.53. The van der Waals surface area contributed by atoms with E-state index in [9.17, 15) is 8.42 Å². The molecule has 0 aliphatic carbocycles. The third kappa shape index (κ3) is 3.69. The lowest BCUT2D eigenvalue weighted by atomic mass is 10.2. The van der Waals surface area contributed by atoms with Crippen LogP contribution >= 0.6 is 11.3 Å². The number of nitrogens with one attached hydrogen (secondary N) is 1. The predicted octanol–water partition coefficient (Wildman–Crippen LogP) is 4.72. The summed E-state index contributed by atoms with van der Waals surface area (Å²) in [7, 11) is -3.86. The van der Waals surface area contributed by atoms with Gasteiger partial charge in [0.05, 0.1) is 18.1 Å². The molecule has 1 unspecified atom stereocenters. The molecule has 1 N–H and O–H groups in total. The molecule has 30 heavy (non-hydrogen) atoms. The van der Waals surface area contributed by atoms with Gasteiger partial charge in [-0.2, -0.15) is 4.72 Å². The number of ether oxygens (including phenoxy) is 2. The molecule has 0 amide bonds. The minimum Gasteiger partial charge on any atom is -0.490 e. The Morgan fingerprint density at radius 2 is 1.77 bits per heavy atom. The average Bonchev–Trinajstić information content (AvgIpc) is 3.37. The minimum absolute atomic E-state index is 0.115. The maximum absolute atomic E-state index is 13.3. The first-order valence-electron chi connectivity index (χ1n) is 9.54. The van der Waals surface area contributed by atoms with Gasteiger partial charge in [-0.25, -0.2) is 8.42 Å². The second-order valence-electron chi connectivity index (χ2n) is 6.92. The van der Waals surface area contributed by atoms with E-state index in [0.717, 1.165) is 16.7 Å². The standard InChI is InChI=1S/C22H19NO5S2/c24-30(25,16-8-9-18-19(14-16)27-11-4-10-26-18)23-22(21-7-3-12-29-21)20-13-15-5-1-2-6-17(15)28-20/h1-3,5-9,12-14,22-23H,4,10-11H2. The van der Waals surface area contributed by atoms with Crippen LogP contribution < -0.4 is 14.2 Å². The summed E-state index contributed by atoms with van der Waals surface area (Å²) in [4.78, 5) is 0.955. The number of furan rings is 1. The number of fused-ring (bicyclic) bond motifs is 2. The lowest BCUT2D eigenvalue weighted by Gasteiger charge is -2.16. The molecule has 2 aromatic heterocycles. The van der Waals surface area contributed by atoms with Crippen molar-refractivity contribution in [2.45, 2.75) is 17.4 Å². The number of sulfonamides is 1. The first kappa shape index (κ1) is 19.2. The van der Waals surface area contributed by atoms with Crippen LogP contribution in [0.2, 0.25) is 0 Å². The Morgan fingerprint density at radius 3 is 2.57 bits per heavy atom. The van der Waals surface area contributed by atoms with Crippen molar-refractivity contribution in [3.63, 3.8) is 0 Å². The molecule has 6 nitrogen and oxygen atoms in total. The van der Waals surface area contributed by atoms with Crippen molar-refractivity contribution in [3.05, 3.63) is 76.7 Å². The molecule has 8 heteroatoms.